The highest BCUT2D eigenvalue weighted by Gasteiger charge is 2.20. The van der Waals surface area contributed by atoms with E-state index < -0.39 is 0 Å². The third kappa shape index (κ3) is 4.54. The minimum absolute atomic E-state index is 0.0157. The van der Waals surface area contributed by atoms with Crippen LogP contribution in [0.25, 0.3) is 0 Å². The summed E-state index contributed by atoms with van der Waals surface area (Å²) in [7, 11) is 0. The van der Waals surface area contributed by atoms with Gasteiger partial charge in [-0.15, -0.1) is 0 Å². The number of carbonyl (C=O) groups excluding carboxylic acids is 1. The van der Waals surface area contributed by atoms with Gasteiger partial charge in [-0.1, -0.05) is 6.92 Å². The van der Waals surface area contributed by atoms with Crippen molar-refractivity contribution in [1.82, 2.24) is 9.88 Å². The van der Waals surface area contributed by atoms with Crippen molar-refractivity contribution >= 4 is 33.6 Å². The van der Waals surface area contributed by atoms with E-state index in [1.54, 1.807) is 11.8 Å². The molecular formula is C13H21BrN2O2S. The van der Waals surface area contributed by atoms with Crippen LogP contribution in [-0.2, 0) is 6.54 Å². The van der Waals surface area contributed by atoms with Crippen LogP contribution in [0.5, 0.6) is 0 Å². The molecule has 4 nitrogen and oxygen atoms in total. The summed E-state index contributed by atoms with van der Waals surface area (Å²) >= 11 is 4.95. The highest BCUT2D eigenvalue weighted by molar-refractivity contribution is 9.10. The molecule has 0 saturated carbocycles. The summed E-state index contributed by atoms with van der Waals surface area (Å²) in [6.07, 6.45) is 4.82. The lowest BCUT2D eigenvalue weighted by atomic mass is 10.2. The number of hydrogen-bond donors (Lipinski definition) is 2. The summed E-state index contributed by atoms with van der Waals surface area (Å²) in [6, 6.07) is 1.75. The minimum atomic E-state index is -0.0980. The van der Waals surface area contributed by atoms with Crippen LogP contribution in [0.15, 0.2) is 16.7 Å². The summed E-state index contributed by atoms with van der Waals surface area (Å²) in [5.41, 5.74) is 0.651. The van der Waals surface area contributed by atoms with Gasteiger partial charge in [0.25, 0.3) is 5.91 Å². The summed E-state index contributed by atoms with van der Waals surface area (Å²) in [5, 5.41) is 12.2. The number of rotatable bonds is 7. The highest BCUT2D eigenvalue weighted by Crippen LogP contribution is 2.17. The van der Waals surface area contributed by atoms with Crippen LogP contribution < -0.4 is 5.32 Å². The van der Waals surface area contributed by atoms with Crippen LogP contribution >= 0.6 is 27.7 Å². The molecule has 0 fully saturated rings. The molecule has 108 valence electrons. The second kappa shape index (κ2) is 7.97. The Labute approximate surface area is 127 Å². The van der Waals surface area contributed by atoms with Crippen molar-refractivity contribution in [2.45, 2.75) is 38.1 Å². The molecular weight excluding hydrogens is 328 g/mol. The summed E-state index contributed by atoms with van der Waals surface area (Å²) in [6.45, 7) is 4.86. The SMILES string of the molecule is CCCn1cc(Br)cc1C(=O)NC(C)C(CO)SC. The second-order valence-corrected chi connectivity index (χ2v) is 6.45. The first kappa shape index (κ1) is 16.6. The largest absolute Gasteiger partial charge is 0.395 e. The number of aromatic nitrogens is 1. The highest BCUT2D eigenvalue weighted by atomic mass is 79.9. The van der Waals surface area contributed by atoms with Gasteiger partial charge in [0.05, 0.1) is 6.61 Å². The molecule has 19 heavy (non-hydrogen) atoms. The van der Waals surface area contributed by atoms with Gasteiger partial charge < -0.3 is 15.0 Å². The standard InChI is InChI=1S/C13H21BrN2O2S/c1-4-5-16-7-10(14)6-11(16)13(18)15-9(2)12(8-17)19-3/h6-7,9,12,17H,4-5,8H2,1-3H3,(H,15,18). The number of aliphatic hydroxyl groups is 1. The van der Waals surface area contributed by atoms with Crippen molar-refractivity contribution in [3.8, 4) is 0 Å². The number of nitrogens with zero attached hydrogens (tertiary/aromatic N) is 1. The Morgan fingerprint density at radius 3 is 2.84 bits per heavy atom. The van der Waals surface area contributed by atoms with Gasteiger partial charge in [-0.25, -0.2) is 0 Å². The number of carbonyl (C=O) groups is 1. The number of aliphatic hydroxyl groups excluding tert-OH is 1. The topological polar surface area (TPSA) is 54.3 Å². The van der Waals surface area contributed by atoms with Crippen LogP contribution in [-0.4, -0.2) is 39.7 Å². The average molecular weight is 349 g/mol. The van der Waals surface area contributed by atoms with E-state index in [1.165, 1.54) is 0 Å². The van der Waals surface area contributed by atoms with Gasteiger partial charge in [-0.05, 0) is 41.6 Å². The van der Waals surface area contributed by atoms with Gasteiger partial charge in [0, 0.05) is 28.5 Å². The molecule has 1 aromatic rings. The van der Waals surface area contributed by atoms with Crippen molar-refractivity contribution in [3.05, 3.63) is 22.4 Å². The summed E-state index contributed by atoms with van der Waals surface area (Å²) in [5.74, 6) is -0.0980. The molecule has 2 N–H and O–H groups in total. The maximum absolute atomic E-state index is 12.3. The molecule has 1 heterocycles. The molecule has 2 unspecified atom stereocenters. The van der Waals surface area contributed by atoms with Gasteiger partial charge in [0.15, 0.2) is 0 Å². The lowest BCUT2D eigenvalue weighted by molar-refractivity contribution is 0.0926. The number of amides is 1. The molecule has 1 amide bonds. The van der Waals surface area contributed by atoms with Crippen molar-refractivity contribution in [1.29, 1.82) is 0 Å². The fraction of sp³-hybridized carbons (Fsp3) is 0.615. The molecule has 2 atom stereocenters. The number of thioether (sulfide) groups is 1. The Balaban J connectivity index is 2.77. The monoisotopic (exact) mass is 348 g/mol. The van der Waals surface area contributed by atoms with Gasteiger partial charge in [0.2, 0.25) is 0 Å². The van der Waals surface area contributed by atoms with Crippen molar-refractivity contribution in [2.24, 2.45) is 0 Å². The van der Waals surface area contributed by atoms with Crippen LogP contribution in [0.3, 0.4) is 0 Å². The van der Waals surface area contributed by atoms with Crippen LogP contribution in [0.4, 0.5) is 0 Å². The Hall–Kier alpha value is -0.460. The van der Waals surface area contributed by atoms with E-state index in [9.17, 15) is 9.90 Å². The van der Waals surface area contributed by atoms with Gasteiger partial charge in [-0.2, -0.15) is 11.8 Å². The summed E-state index contributed by atoms with van der Waals surface area (Å²) < 4.78 is 2.85. The molecule has 0 aliphatic rings. The number of hydrogen-bond acceptors (Lipinski definition) is 3. The quantitative estimate of drug-likeness (QED) is 0.795. The smallest absolute Gasteiger partial charge is 0.268 e. The summed E-state index contributed by atoms with van der Waals surface area (Å²) in [4.78, 5) is 12.3. The van der Waals surface area contributed by atoms with Gasteiger partial charge in [-0.3, -0.25) is 4.79 Å². The Kier molecular flexibility index (Phi) is 6.96. The van der Waals surface area contributed by atoms with Crippen molar-refractivity contribution in [2.75, 3.05) is 12.9 Å². The lowest BCUT2D eigenvalue weighted by Crippen LogP contribution is -2.41. The van der Waals surface area contributed by atoms with E-state index >= 15 is 0 Å². The number of nitrogens with one attached hydrogen (secondary N) is 1. The fourth-order valence-electron chi connectivity index (χ4n) is 1.90. The van der Waals surface area contributed by atoms with E-state index in [4.69, 9.17) is 0 Å². The third-order valence-electron chi connectivity index (χ3n) is 2.96. The first-order valence-electron chi connectivity index (χ1n) is 6.33. The lowest BCUT2D eigenvalue weighted by Gasteiger charge is -2.21. The molecule has 0 aromatic carbocycles. The predicted molar refractivity (Wildman–Crippen MR) is 83.7 cm³/mol. The average Bonchev–Trinajstić information content (AvgIpc) is 2.72. The molecule has 0 saturated heterocycles. The van der Waals surface area contributed by atoms with Gasteiger partial charge >= 0.3 is 0 Å². The maximum Gasteiger partial charge on any atom is 0.268 e. The number of halogens is 1. The van der Waals surface area contributed by atoms with Crippen molar-refractivity contribution in [3.63, 3.8) is 0 Å². The zero-order valence-corrected chi connectivity index (χ0v) is 13.9. The van der Waals surface area contributed by atoms with E-state index in [0.717, 1.165) is 17.4 Å². The van der Waals surface area contributed by atoms with E-state index in [-0.39, 0.29) is 23.8 Å². The molecule has 0 radical (unpaired) electrons. The fourth-order valence-corrected chi connectivity index (χ4v) is 2.99. The molecule has 1 rings (SSSR count). The predicted octanol–water partition coefficient (Wildman–Crippen LogP) is 2.50. The minimum Gasteiger partial charge on any atom is -0.395 e. The molecule has 0 aliphatic heterocycles. The van der Waals surface area contributed by atoms with E-state index in [1.807, 2.05) is 30.0 Å². The molecule has 0 bridgehead atoms. The Bertz CT molecular complexity index is 419. The number of aryl methyl sites for hydroxylation is 1. The van der Waals surface area contributed by atoms with Crippen LogP contribution in [0, 0.1) is 0 Å². The third-order valence-corrected chi connectivity index (χ3v) is 4.56. The first-order valence-corrected chi connectivity index (χ1v) is 8.41. The van der Waals surface area contributed by atoms with E-state index in [2.05, 4.69) is 28.2 Å². The van der Waals surface area contributed by atoms with E-state index in [0.29, 0.717) is 5.69 Å². The molecule has 6 heteroatoms. The first-order chi connectivity index (χ1) is 9.03. The van der Waals surface area contributed by atoms with Gasteiger partial charge in [0.1, 0.15) is 5.69 Å². The molecule has 0 spiro atoms. The maximum atomic E-state index is 12.3. The van der Waals surface area contributed by atoms with Crippen LogP contribution in [0.1, 0.15) is 30.8 Å². The zero-order valence-electron chi connectivity index (χ0n) is 11.5. The van der Waals surface area contributed by atoms with Crippen LogP contribution in [0.2, 0.25) is 0 Å². The molecule has 1 aromatic heterocycles. The normalized spacial score (nSPS) is 14.2. The Morgan fingerprint density at radius 2 is 2.32 bits per heavy atom. The second-order valence-electron chi connectivity index (χ2n) is 4.46. The zero-order chi connectivity index (χ0) is 14.4. The molecule has 0 aliphatic carbocycles. The Morgan fingerprint density at radius 1 is 1.63 bits per heavy atom. The van der Waals surface area contributed by atoms with Crippen molar-refractivity contribution < 1.29 is 9.90 Å².